The molecular formula is C20H18ClN3O3S. The molecule has 0 saturated heterocycles. The quantitative estimate of drug-likeness (QED) is 0.610. The third kappa shape index (κ3) is 5.31. The minimum absolute atomic E-state index is 0.147. The first kappa shape index (κ1) is 19.9. The third-order valence-electron chi connectivity index (χ3n) is 3.89. The molecule has 2 aromatic carbocycles. The Morgan fingerprint density at radius 1 is 1.21 bits per heavy atom. The lowest BCUT2D eigenvalue weighted by Crippen LogP contribution is -2.16. The summed E-state index contributed by atoms with van der Waals surface area (Å²) in [7, 11) is 0. The van der Waals surface area contributed by atoms with Gasteiger partial charge in [-0.25, -0.2) is 4.98 Å². The molecule has 3 N–H and O–H groups in total. The average molecular weight is 416 g/mol. The lowest BCUT2D eigenvalue weighted by Gasteiger charge is -2.07. The molecule has 3 aromatic rings. The van der Waals surface area contributed by atoms with E-state index in [1.54, 1.807) is 49.4 Å². The number of nitrogens with one attached hydrogen (secondary N) is 1. The van der Waals surface area contributed by atoms with E-state index in [0.29, 0.717) is 39.9 Å². The highest BCUT2D eigenvalue weighted by atomic mass is 35.5. The summed E-state index contributed by atoms with van der Waals surface area (Å²) in [5, 5.41) is 6.06. The van der Waals surface area contributed by atoms with E-state index in [1.807, 2.05) is 5.38 Å². The Morgan fingerprint density at radius 3 is 2.64 bits per heavy atom. The molecule has 6 nitrogen and oxygen atoms in total. The predicted octanol–water partition coefficient (Wildman–Crippen LogP) is 3.96. The van der Waals surface area contributed by atoms with Crippen LogP contribution in [-0.4, -0.2) is 16.8 Å². The minimum Gasteiger partial charge on any atom is -0.486 e. The highest BCUT2D eigenvalue weighted by molar-refractivity contribution is 7.09. The van der Waals surface area contributed by atoms with Gasteiger partial charge in [-0.05, 0) is 55.0 Å². The number of carbonyl (C=O) groups is 2. The molecule has 1 heterocycles. The maximum absolute atomic E-state index is 12.3. The zero-order chi connectivity index (χ0) is 20.1. The van der Waals surface area contributed by atoms with Crippen molar-refractivity contribution in [2.24, 2.45) is 5.73 Å². The highest BCUT2D eigenvalue weighted by Gasteiger charge is 2.11. The molecule has 0 aliphatic rings. The zero-order valence-corrected chi connectivity index (χ0v) is 16.6. The van der Waals surface area contributed by atoms with E-state index >= 15 is 0 Å². The predicted molar refractivity (Wildman–Crippen MR) is 110 cm³/mol. The largest absolute Gasteiger partial charge is 0.486 e. The number of aryl methyl sites for hydroxylation is 1. The van der Waals surface area contributed by atoms with Crippen molar-refractivity contribution in [2.45, 2.75) is 20.0 Å². The third-order valence-corrected chi connectivity index (χ3v) is 5.02. The molecule has 0 atom stereocenters. The van der Waals surface area contributed by atoms with Crippen LogP contribution in [0.15, 0.2) is 47.8 Å². The van der Waals surface area contributed by atoms with E-state index in [1.165, 1.54) is 11.3 Å². The van der Waals surface area contributed by atoms with E-state index in [2.05, 4.69) is 10.3 Å². The van der Waals surface area contributed by atoms with Crippen LogP contribution in [0.25, 0.3) is 0 Å². The number of ether oxygens (including phenoxy) is 1. The number of nitrogens with two attached hydrogens (primary N) is 1. The van der Waals surface area contributed by atoms with E-state index in [0.717, 1.165) is 5.01 Å². The highest BCUT2D eigenvalue weighted by Crippen LogP contribution is 2.19. The van der Waals surface area contributed by atoms with Gasteiger partial charge in [0.25, 0.3) is 0 Å². The summed E-state index contributed by atoms with van der Waals surface area (Å²) in [5.74, 6) is 0.0153. The standard InChI is InChI=1S/C20H18ClN3O3S/c1-12-8-14(4-7-17(12)20(22)26)23-18(25)9-15-11-28-19(24-15)10-27-16-5-2-13(21)3-6-16/h2-8,11H,9-10H2,1H3,(H2,22,26)(H,23,25). The topological polar surface area (TPSA) is 94.3 Å². The van der Waals surface area contributed by atoms with Gasteiger partial charge in [0.15, 0.2) is 0 Å². The van der Waals surface area contributed by atoms with Gasteiger partial charge >= 0.3 is 0 Å². The Bertz CT molecular complexity index is 1000. The number of thiazole rings is 1. The van der Waals surface area contributed by atoms with Crippen molar-refractivity contribution in [1.29, 1.82) is 0 Å². The lowest BCUT2D eigenvalue weighted by atomic mass is 10.1. The normalized spacial score (nSPS) is 10.5. The van der Waals surface area contributed by atoms with Crippen molar-refractivity contribution in [2.75, 3.05) is 5.32 Å². The molecule has 0 aliphatic heterocycles. The molecule has 2 amide bonds. The number of nitrogens with zero attached hydrogens (tertiary/aromatic N) is 1. The molecule has 144 valence electrons. The number of hydrogen-bond acceptors (Lipinski definition) is 5. The smallest absolute Gasteiger partial charge is 0.248 e. The summed E-state index contributed by atoms with van der Waals surface area (Å²) < 4.78 is 5.66. The van der Waals surface area contributed by atoms with Crippen molar-refractivity contribution < 1.29 is 14.3 Å². The van der Waals surface area contributed by atoms with E-state index in [4.69, 9.17) is 22.1 Å². The van der Waals surface area contributed by atoms with Crippen LogP contribution < -0.4 is 15.8 Å². The van der Waals surface area contributed by atoms with Crippen molar-refractivity contribution in [3.8, 4) is 5.75 Å². The van der Waals surface area contributed by atoms with Gasteiger partial charge in [0.05, 0.1) is 12.1 Å². The van der Waals surface area contributed by atoms with Crippen molar-refractivity contribution >= 4 is 40.4 Å². The van der Waals surface area contributed by atoms with Gasteiger partial charge in [-0.2, -0.15) is 0 Å². The van der Waals surface area contributed by atoms with Gasteiger partial charge in [0.1, 0.15) is 17.4 Å². The summed E-state index contributed by atoms with van der Waals surface area (Å²) >= 11 is 7.28. The summed E-state index contributed by atoms with van der Waals surface area (Å²) in [6.07, 6.45) is 0.147. The fourth-order valence-corrected chi connectivity index (χ4v) is 3.39. The number of rotatable bonds is 7. The van der Waals surface area contributed by atoms with Gasteiger partial charge in [-0.15, -0.1) is 11.3 Å². The molecule has 0 bridgehead atoms. The van der Waals surface area contributed by atoms with Crippen molar-refractivity contribution in [3.63, 3.8) is 0 Å². The van der Waals surface area contributed by atoms with Crippen LogP contribution >= 0.6 is 22.9 Å². The minimum atomic E-state index is -0.494. The Kier molecular flexibility index (Phi) is 6.28. The summed E-state index contributed by atoms with van der Waals surface area (Å²) in [6, 6.07) is 12.0. The second kappa shape index (κ2) is 8.86. The molecule has 8 heteroatoms. The molecule has 0 saturated carbocycles. The van der Waals surface area contributed by atoms with Crippen LogP contribution in [0.4, 0.5) is 5.69 Å². The lowest BCUT2D eigenvalue weighted by molar-refractivity contribution is -0.115. The van der Waals surface area contributed by atoms with Gasteiger partial charge in [-0.1, -0.05) is 11.6 Å². The van der Waals surface area contributed by atoms with Crippen LogP contribution in [0.3, 0.4) is 0 Å². The number of carbonyl (C=O) groups excluding carboxylic acids is 2. The van der Waals surface area contributed by atoms with Crippen LogP contribution in [-0.2, 0) is 17.8 Å². The van der Waals surface area contributed by atoms with Crippen molar-refractivity contribution in [3.05, 3.63) is 74.7 Å². The summed E-state index contributed by atoms with van der Waals surface area (Å²) in [5.41, 5.74) is 7.71. The SMILES string of the molecule is Cc1cc(NC(=O)Cc2csc(COc3ccc(Cl)cc3)n2)ccc1C(N)=O. The number of amides is 2. The summed E-state index contributed by atoms with van der Waals surface area (Å²) in [4.78, 5) is 27.9. The van der Waals surface area contributed by atoms with Gasteiger partial charge < -0.3 is 15.8 Å². The van der Waals surface area contributed by atoms with E-state index in [-0.39, 0.29) is 12.3 Å². The van der Waals surface area contributed by atoms with Crippen LogP contribution in [0.1, 0.15) is 26.6 Å². The molecule has 0 fully saturated rings. The summed E-state index contributed by atoms with van der Waals surface area (Å²) in [6.45, 7) is 2.09. The fraction of sp³-hybridized carbons (Fsp3) is 0.150. The van der Waals surface area contributed by atoms with E-state index in [9.17, 15) is 9.59 Å². The fourth-order valence-electron chi connectivity index (χ4n) is 2.56. The molecule has 0 unspecified atom stereocenters. The maximum atomic E-state index is 12.3. The first-order valence-corrected chi connectivity index (χ1v) is 9.68. The molecule has 0 radical (unpaired) electrons. The van der Waals surface area contributed by atoms with Gasteiger partial charge in [-0.3, -0.25) is 9.59 Å². The van der Waals surface area contributed by atoms with Gasteiger partial charge in [0, 0.05) is 21.7 Å². The number of hydrogen-bond donors (Lipinski definition) is 2. The maximum Gasteiger partial charge on any atom is 0.248 e. The molecule has 0 aliphatic carbocycles. The monoisotopic (exact) mass is 415 g/mol. The molecule has 0 spiro atoms. The number of anilines is 1. The van der Waals surface area contributed by atoms with E-state index < -0.39 is 5.91 Å². The number of halogens is 1. The van der Waals surface area contributed by atoms with Crippen LogP contribution in [0, 0.1) is 6.92 Å². The Labute approximate surface area is 171 Å². The first-order chi connectivity index (χ1) is 13.4. The number of benzene rings is 2. The number of aromatic nitrogens is 1. The zero-order valence-electron chi connectivity index (χ0n) is 15.1. The molecule has 1 aromatic heterocycles. The number of primary amides is 1. The molecule has 28 heavy (non-hydrogen) atoms. The Morgan fingerprint density at radius 2 is 1.96 bits per heavy atom. The van der Waals surface area contributed by atoms with Crippen molar-refractivity contribution in [1.82, 2.24) is 4.98 Å². The van der Waals surface area contributed by atoms with Crippen LogP contribution in [0.2, 0.25) is 5.02 Å². The Hall–Kier alpha value is -2.90. The van der Waals surface area contributed by atoms with Crippen LogP contribution in [0.5, 0.6) is 5.75 Å². The second-order valence-corrected chi connectivity index (χ2v) is 7.47. The second-order valence-electron chi connectivity index (χ2n) is 6.09. The molecule has 3 rings (SSSR count). The molecular weight excluding hydrogens is 398 g/mol. The first-order valence-electron chi connectivity index (χ1n) is 8.42. The Balaban J connectivity index is 1.54. The average Bonchev–Trinajstić information content (AvgIpc) is 3.08. The van der Waals surface area contributed by atoms with Gasteiger partial charge in [0.2, 0.25) is 11.8 Å².